The molecule has 190 valence electrons. The van der Waals surface area contributed by atoms with E-state index >= 15 is 0 Å². The predicted octanol–water partition coefficient (Wildman–Crippen LogP) is 2.24. The van der Waals surface area contributed by atoms with E-state index < -0.39 is 0 Å². The summed E-state index contributed by atoms with van der Waals surface area (Å²) in [6, 6.07) is 4.11. The molecule has 5 rings (SSSR count). The Balaban J connectivity index is 1.44. The molecule has 0 bridgehead atoms. The van der Waals surface area contributed by atoms with E-state index in [-0.39, 0.29) is 50.8 Å². The summed E-state index contributed by atoms with van der Waals surface area (Å²) in [6.07, 6.45) is 6.31. The number of rotatable bonds is 8. The third-order valence-corrected chi connectivity index (χ3v) is 6.97. The van der Waals surface area contributed by atoms with E-state index in [0.29, 0.717) is 18.7 Å². The predicted molar refractivity (Wildman–Crippen MR) is 138 cm³/mol. The average Bonchev–Trinajstić information content (AvgIpc) is 3.58. The van der Waals surface area contributed by atoms with Crippen LogP contribution in [0.4, 0.5) is 0 Å². The van der Waals surface area contributed by atoms with Crippen LogP contribution in [0.15, 0.2) is 23.2 Å². The maximum Gasteiger partial charge on any atom is 0.253 e. The zero-order valence-electron chi connectivity index (χ0n) is 20.3. The smallest absolute Gasteiger partial charge is 0.253 e. The van der Waals surface area contributed by atoms with Crippen molar-refractivity contribution in [2.75, 3.05) is 52.4 Å². The Labute approximate surface area is 209 Å². The highest BCUT2D eigenvalue weighted by Gasteiger charge is 2.20. The van der Waals surface area contributed by atoms with Gasteiger partial charge in [-0.15, -0.1) is 0 Å². The van der Waals surface area contributed by atoms with Crippen molar-refractivity contribution >= 4 is 34.2 Å². The zero-order valence-corrected chi connectivity index (χ0v) is 20.3. The molecule has 1 aromatic heterocycles. The number of nitrogens with zero attached hydrogens (tertiary/aromatic N) is 5. The molecule has 2 fully saturated rings. The molecule has 1 amide bonds. The Morgan fingerprint density at radius 3 is 2.22 bits per heavy atom. The molecule has 3 heterocycles. The standard InChI is InChI=1S/C26H32N6O4/c33-19-6-5-17(26(36)28-8-14-32-11-3-4-12-32)22-24(19)30-23-18(20(34)15-21(35)25(23)29-22)16-27-7-13-31-9-1-2-10-31/h5-6,15-16,33-35H,1-4,7-14H2,(H,28,36). The first-order valence-corrected chi connectivity index (χ1v) is 12.6. The lowest BCUT2D eigenvalue weighted by Gasteiger charge is -2.15. The molecule has 10 heteroatoms. The van der Waals surface area contributed by atoms with Crippen molar-refractivity contribution in [3.63, 3.8) is 0 Å². The maximum absolute atomic E-state index is 13.0. The van der Waals surface area contributed by atoms with Crippen LogP contribution < -0.4 is 5.32 Å². The summed E-state index contributed by atoms with van der Waals surface area (Å²) in [5.74, 6) is -0.925. The first kappa shape index (κ1) is 24.2. The monoisotopic (exact) mass is 492 g/mol. The van der Waals surface area contributed by atoms with Crippen LogP contribution in [0.1, 0.15) is 41.6 Å². The van der Waals surface area contributed by atoms with Gasteiger partial charge in [0, 0.05) is 31.9 Å². The lowest BCUT2D eigenvalue weighted by molar-refractivity contribution is 0.0951. The van der Waals surface area contributed by atoms with Crippen molar-refractivity contribution in [2.45, 2.75) is 25.7 Å². The molecule has 2 aromatic carbocycles. The molecule has 0 atom stereocenters. The van der Waals surface area contributed by atoms with E-state index in [4.69, 9.17) is 0 Å². The van der Waals surface area contributed by atoms with Gasteiger partial charge in [-0.2, -0.15) is 0 Å². The summed E-state index contributed by atoms with van der Waals surface area (Å²) in [5.41, 5.74) is 1.18. The Hall–Kier alpha value is -3.50. The van der Waals surface area contributed by atoms with Crippen LogP contribution in [0.5, 0.6) is 17.2 Å². The molecule has 3 aromatic rings. The number of aromatic nitrogens is 2. The highest BCUT2D eigenvalue weighted by atomic mass is 16.3. The topological polar surface area (TPSA) is 134 Å². The van der Waals surface area contributed by atoms with Gasteiger partial charge in [-0.25, -0.2) is 9.97 Å². The number of aliphatic imine (C=N–C) groups is 1. The zero-order chi connectivity index (χ0) is 25.1. The van der Waals surface area contributed by atoms with Crippen LogP contribution in [0.25, 0.3) is 22.1 Å². The van der Waals surface area contributed by atoms with E-state index in [9.17, 15) is 20.1 Å². The molecule has 36 heavy (non-hydrogen) atoms. The van der Waals surface area contributed by atoms with E-state index in [1.54, 1.807) is 0 Å². The van der Waals surface area contributed by atoms with Crippen LogP contribution in [-0.4, -0.2) is 99.6 Å². The van der Waals surface area contributed by atoms with Gasteiger partial charge in [0.25, 0.3) is 5.91 Å². The van der Waals surface area contributed by atoms with Crippen molar-refractivity contribution in [3.05, 3.63) is 29.3 Å². The summed E-state index contributed by atoms with van der Waals surface area (Å²) >= 11 is 0. The van der Waals surface area contributed by atoms with E-state index in [1.165, 1.54) is 50.1 Å². The van der Waals surface area contributed by atoms with E-state index in [1.807, 2.05) is 0 Å². The Morgan fingerprint density at radius 1 is 0.861 bits per heavy atom. The normalized spacial score (nSPS) is 17.1. The highest BCUT2D eigenvalue weighted by Crippen LogP contribution is 2.35. The third-order valence-electron chi connectivity index (χ3n) is 6.97. The molecule has 4 N–H and O–H groups in total. The SMILES string of the molecule is O=C(NCCN1CCCC1)c1ccc(O)c2nc3c(C=NCCN4CCCC4)c(O)cc(O)c3nc12. The van der Waals surface area contributed by atoms with Gasteiger partial charge in [-0.3, -0.25) is 9.79 Å². The average molecular weight is 493 g/mol. The van der Waals surface area contributed by atoms with Crippen molar-refractivity contribution in [2.24, 2.45) is 4.99 Å². The number of carbonyl (C=O) groups excluding carboxylic acids is 1. The molecule has 2 saturated heterocycles. The number of benzene rings is 2. The first-order chi connectivity index (χ1) is 17.5. The maximum atomic E-state index is 13.0. The molecule has 0 unspecified atom stereocenters. The number of carbonyl (C=O) groups is 1. The number of phenolic OH excluding ortho intramolecular Hbond substituents is 3. The number of fused-ring (bicyclic) bond motifs is 2. The van der Waals surface area contributed by atoms with E-state index in [0.717, 1.165) is 39.3 Å². The largest absolute Gasteiger partial charge is 0.507 e. The number of hydrogen-bond donors (Lipinski definition) is 4. The summed E-state index contributed by atoms with van der Waals surface area (Å²) in [4.78, 5) is 31.1. The van der Waals surface area contributed by atoms with Gasteiger partial charge in [0.2, 0.25) is 0 Å². The Bertz CT molecular complexity index is 1300. The number of nitrogens with one attached hydrogen (secondary N) is 1. The van der Waals surface area contributed by atoms with Crippen LogP contribution in [-0.2, 0) is 0 Å². The fourth-order valence-electron chi connectivity index (χ4n) is 4.99. The van der Waals surface area contributed by atoms with Crippen molar-refractivity contribution < 1.29 is 20.1 Å². The second kappa shape index (κ2) is 10.6. The fraction of sp³-hybridized carbons (Fsp3) is 0.462. The number of hydrogen-bond acceptors (Lipinski definition) is 9. The number of amides is 1. The minimum absolute atomic E-state index is 0.117. The van der Waals surface area contributed by atoms with Gasteiger partial charge in [-0.05, 0) is 64.0 Å². The minimum Gasteiger partial charge on any atom is -0.507 e. The molecule has 0 spiro atoms. The number of likely N-dealkylation sites (tertiary alicyclic amines) is 2. The number of aromatic hydroxyl groups is 3. The van der Waals surface area contributed by atoms with Crippen LogP contribution >= 0.6 is 0 Å². The molecule has 0 radical (unpaired) electrons. The van der Waals surface area contributed by atoms with E-state index in [2.05, 4.69) is 30.1 Å². The first-order valence-electron chi connectivity index (χ1n) is 12.6. The molecule has 2 aliphatic heterocycles. The summed E-state index contributed by atoms with van der Waals surface area (Å²) in [7, 11) is 0. The summed E-state index contributed by atoms with van der Waals surface area (Å²) in [5, 5.41) is 34.5. The van der Waals surface area contributed by atoms with Gasteiger partial charge >= 0.3 is 0 Å². The fourth-order valence-corrected chi connectivity index (χ4v) is 4.99. The van der Waals surface area contributed by atoms with Crippen molar-refractivity contribution in [1.29, 1.82) is 0 Å². The van der Waals surface area contributed by atoms with Gasteiger partial charge in [0.15, 0.2) is 0 Å². The second-order valence-corrected chi connectivity index (χ2v) is 9.47. The Kier molecular flexibility index (Phi) is 7.15. The second-order valence-electron chi connectivity index (χ2n) is 9.47. The summed E-state index contributed by atoms with van der Waals surface area (Å²) in [6.45, 7) is 6.92. The lowest BCUT2D eigenvalue weighted by atomic mass is 10.1. The molecule has 0 aliphatic carbocycles. The highest BCUT2D eigenvalue weighted by molar-refractivity contribution is 6.10. The molecule has 10 nitrogen and oxygen atoms in total. The van der Waals surface area contributed by atoms with Crippen LogP contribution in [0, 0.1) is 0 Å². The quantitative estimate of drug-likeness (QED) is 0.278. The van der Waals surface area contributed by atoms with Gasteiger partial charge in [-0.1, -0.05) is 0 Å². The minimum atomic E-state index is -0.324. The molecule has 0 saturated carbocycles. The van der Waals surface area contributed by atoms with Crippen LogP contribution in [0.3, 0.4) is 0 Å². The Morgan fingerprint density at radius 2 is 1.50 bits per heavy atom. The summed E-state index contributed by atoms with van der Waals surface area (Å²) < 4.78 is 0. The van der Waals surface area contributed by atoms with Crippen molar-refractivity contribution in [1.82, 2.24) is 25.1 Å². The molecular weight excluding hydrogens is 460 g/mol. The van der Waals surface area contributed by atoms with Gasteiger partial charge < -0.3 is 30.4 Å². The van der Waals surface area contributed by atoms with Crippen LogP contribution in [0.2, 0.25) is 0 Å². The third kappa shape index (κ3) is 5.05. The molecule has 2 aliphatic rings. The van der Waals surface area contributed by atoms with Gasteiger partial charge in [0.05, 0.1) is 17.7 Å². The van der Waals surface area contributed by atoms with Gasteiger partial charge in [0.1, 0.15) is 39.3 Å². The van der Waals surface area contributed by atoms with Crippen molar-refractivity contribution in [3.8, 4) is 17.2 Å². The lowest BCUT2D eigenvalue weighted by Crippen LogP contribution is -2.33. The molecular formula is C26H32N6O4. The number of phenols is 3.